The van der Waals surface area contributed by atoms with Gasteiger partial charge in [0.1, 0.15) is 5.75 Å². The minimum absolute atomic E-state index is 0.265. The van der Waals surface area contributed by atoms with Crippen molar-refractivity contribution in [3.8, 4) is 5.75 Å². The van der Waals surface area contributed by atoms with E-state index in [1.54, 1.807) is 103 Å². The van der Waals surface area contributed by atoms with Crippen molar-refractivity contribution in [3.05, 3.63) is 136 Å². The summed E-state index contributed by atoms with van der Waals surface area (Å²) in [6, 6.07) is 30.9. The zero-order valence-electron chi connectivity index (χ0n) is 18.5. The van der Waals surface area contributed by atoms with E-state index in [2.05, 4.69) is 26.5 Å². The third kappa shape index (κ3) is 5.54. The first-order valence-corrected chi connectivity index (χ1v) is 11.5. The third-order valence-electron chi connectivity index (χ3n) is 5.27. The first kappa shape index (κ1) is 24.1. The first-order chi connectivity index (χ1) is 17.0. The molecule has 0 heterocycles. The number of nitrogens with zero attached hydrogens (tertiary/aromatic N) is 1. The van der Waals surface area contributed by atoms with Crippen LogP contribution in [0.1, 0.15) is 27.0 Å². The molecule has 0 aliphatic carbocycles. The summed E-state index contributed by atoms with van der Waals surface area (Å²) in [4.78, 5) is 25.7. The molecule has 0 fully saturated rings. The Morgan fingerprint density at radius 1 is 0.829 bits per heavy atom. The Morgan fingerprint density at radius 3 is 1.94 bits per heavy atom. The molecule has 4 aromatic rings. The summed E-state index contributed by atoms with van der Waals surface area (Å²) in [5.41, 5.74) is 2.13. The van der Waals surface area contributed by atoms with E-state index in [0.29, 0.717) is 22.3 Å². The normalized spacial score (nSPS) is 11.3. The number of ether oxygens (including phenoxy) is 1. The standard InChI is InChI=1S/C28H21BrN2O4/c29-24-16-17-25(35-26(32)20-10-4-1-5-11-20)21(18-24)19-30-31-27(33)28(34,22-12-6-2-7-13-22)23-14-8-3-9-15-23/h1-19,34H,(H,31,33)/b30-19-. The highest BCUT2D eigenvalue weighted by molar-refractivity contribution is 9.10. The van der Waals surface area contributed by atoms with Crippen molar-refractivity contribution in [2.24, 2.45) is 5.10 Å². The molecule has 0 saturated carbocycles. The lowest BCUT2D eigenvalue weighted by Gasteiger charge is -2.27. The second-order valence-electron chi connectivity index (χ2n) is 7.58. The molecule has 0 spiro atoms. The largest absolute Gasteiger partial charge is 0.422 e. The summed E-state index contributed by atoms with van der Waals surface area (Å²) < 4.78 is 6.27. The van der Waals surface area contributed by atoms with Crippen LogP contribution < -0.4 is 10.2 Å². The molecule has 0 aliphatic heterocycles. The summed E-state index contributed by atoms with van der Waals surface area (Å²) >= 11 is 3.39. The van der Waals surface area contributed by atoms with E-state index < -0.39 is 17.5 Å². The van der Waals surface area contributed by atoms with Gasteiger partial charge < -0.3 is 9.84 Å². The molecule has 1 amide bonds. The van der Waals surface area contributed by atoms with Crippen molar-refractivity contribution in [1.29, 1.82) is 0 Å². The number of amides is 1. The highest BCUT2D eigenvalue weighted by atomic mass is 79.9. The number of benzene rings is 4. The van der Waals surface area contributed by atoms with Gasteiger partial charge in [-0.05, 0) is 41.5 Å². The van der Waals surface area contributed by atoms with Gasteiger partial charge in [0.2, 0.25) is 0 Å². The van der Waals surface area contributed by atoms with Crippen molar-refractivity contribution in [2.45, 2.75) is 5.60 Å². The van der Waals surface area contributed by atoms with Gasteiger partial charge in [0.15, 0.2) is 5.60 Å². The maximum Gasteiger partial charge on any atom is 0.343 e. The molecule has 6 nitrogen and oxygen atoms in total. The molecule has 0 atom stereocenters. The summed E-state index contributed by atoms with van der Waals surface area (Å²) in [5.74, 6) is -0.987. The van der Waals surface area contributed by atoms with Gasteiger partial charge in [0, 0.05) is 10.0 Å². The van der Waals surface area contributed by atoms with Gasteiger partial charge in [-0.25, -0.2) is 10.2 Å². The molecule has 0 unspecified atom stereocenters. The lowest BCUT2D eigenvalue weighted by Crippen LogP contribution is -2.43. The second kappa shape index (κ2) is 10.9. The molecule has 0 aromatic heterocycles. The first-order valence-electron chi connectivity index (χ1n) is 10.7. The van der Waals surface area contributed by atoms with Crippen molar-refractivity contribution in [1.82, 2.24) is 5.43 Å². The molecule has 7 heteroatoms. The molecule has 0 bridgehead atoms. The van der Waals surface area contributed by atoms with E-state index in [4.69, 9.17) is 4.74 Å². The van der Waals surface area contributed by atoms with Gasteiger partial charge >= 0.3 is 5.97 Å². The minimum atomic E-state index is -1.96. The predicted octanol–water partition coefficient (Wildman–Crippen LogP) is 5.05. The van der Waals surface area contributed by atoms with Crippen molar-refractivity contribution in [3.63, 3.8) is 0 Å². The van der Waals surface area contributed by atoms with Crippen LogP contribution >= 0.6 is 15.9 Å². The smallest absolute Gasteiger partial charge is 0.343 e. The van der Waals surface area contributed by atoms with Crippen molar-refractivity contribution in [2.75, 3.05) is 0 Å². The minimum Gasteiger partial charge on any atom is -0.422 e. The Hall–Kier alpha value is -4.07. The van der Waals surface area contributed by atoms with Crippen molar-refractivity contribution >= 4 is 34.0 Å². The Balaban J connectivity index is 1.58. The number of hydrogen-bond donors (Lipinski definition) is 2. The van der Waals surface area contributed by atoms with E-state index in [1.165, 1.54) is 6.21 Å². The summed E-state index contributed by atoms with van der Waals surface area (Å²) in [5, 5.41) is 15.5. The average Bonchev–Trinajstić information content (AvgIpc) is 2.91. The molecule has 174 valence electrons. The monoisotopic (exact) mass is 528 g/mol. The zero-order chi connectivity index (χ0) is 24.7. The van der Waals surface area contributed by atoms with Crippen molar-refractivity contribution < 1.29 is 19.4 Å². The van der Waals surface area contributed by atoms with Crippen LogP contribution in [-0.4, -0.2) is 23.2 Å². The number of hydrogen-bond acceptors (Lipinski definition) is 5. The van der Waals surface area contributed by atoms with Crippen LogP contribution in [-0.2, 0) is 10.4 Å². The highest BCUT2D eigenvalue weighted by Gasteiger charge is 2.39. The molecule has 0 aliphatic rings. The number of aliphatic hydroxyl groups is 1. The molecule has 4 rings (SSSR count). The van der Waals surface area contributed by atoms with E-state index in [1.807, 2.05) is 6.07 Å². The maximum absolute atomic E-state index is 13.2. The lowest BCUT2D eigenvalue weighted by atomic mass is 9.85. The Kier molecular flexibility index (Phi) is 7.50. The number of rotatable bonds is 7. The number of carbonyl (C=O) groups excluding carboxylic acids is 2. The van der Waals surface area contributed by atoms with Crippen LogP contribution in [0.3, 0.4) is 0 Å². The number of esters is 1. The molecular formula is C28H21BrN2O4. The topological polar surface area (TPSA) is 88.0 Å². The second-order valence-corrected chi connectivity index (χ2v) is 8.49. The third-order valence-corrected chi connectivity index (χ3v) is 5.76. The number of halogens is 1. The molecule has 35 heavy (non-hydrogen) atoms. The van der Waals surface area contributed by atoms with E-state index in [9.17, 15) is 14.7 Å². The fourth-order valence-electron chi connectivity index (χ4n) is 3.48. The summed E-state index contributed by atoms with van der Waals surface area (Å²) in [7, 11) is 0. The van der Waals surface area contributed by atoms with Gasteiger partial charge in [-0.15, -0.1) is 0 Å². The van der Waals surface area contributed by atoms with Crippen LogP contribution in [0.15, 0.2) is 119 Å². The number of carbonyl (C=O) groups is 2. The van der Waals surface area contributed by atoms with E-state index >= 15 is 0 Å². The molecular weight excluding hydrogens is 508 g/mol. The molecule has 0 saturated heterocycles. The van der Waals surface area contributed by atoms with Gasteiger partial charge in [-0.3, -0.25) is 4.79 Å². The average molecular weight is 529 g/mol. The summed E-state index contributed by atoms with van der Waals surface area (Å²) in [6.07, 6.45) is 1.35. The highest BCUT2D eigenvalue weighted by Crippen LogP contribution is 2.30. The molecule has 4 aromatic carbocycles. The van der Waals surface area contributed by atoms with Gasteiger partial charge in [-0.2, -0.15) is 5.10 Å². The Bertz CT molecular complexity index is 1300. The zero-order valence-corrected chi connectivity index (χ0v) is 20.1. The summed E-state index contributed by atoms with van der Waals surface area (Å²) in [6.45, 7) is 0. The quantitative estimate of drug-likeness (QED) is 0.152. The number of hydrazone groups is 1. The van der Waals surface area contributed by atoms with Gasteiger partial charge in [-0.1, -0.05) is 94.8 Å². The maximum atomic E-state index is 13.2. The fraction of sp³-hybridized carbons (Fsp3) is 0.0357. The van der Waals surface area contributed by atoms with Crippen LogP contribution in [0.2, 0.25) is 0 Å². The predicted molar refractivity (Wildman–Crippen MR) is 137 cm³/mol. The van der Waals surface area contributed by atoms with Gasteiger partial charge in [0.25, 0.3) is 5.91 Å². The van der Waals surface area contributed by atoms with Crippen LogP contribution in [0.25, 0.3) is 0 Å². The number of nitrogens with one attached hydrogen (secondary N) is 1. The fourth-order valence-corrected chi connectivity index (χ4v) is 3.85. The Labute approximate surface area is 211 Å². The lowest BCUT2D eigenvalue weighted by molar-refractivity contribution is -0.136. The van der Waals surface area contributed by atoms with Gasteiger partial charge in [0.05, 0.1) is 11.8 Å². The van der Waals surface area contributed by atoms with E-state index in [0.717, 1.165) is 4.47 Å². The molecule has 2 N–H and O–H groups in total. The van der Waals surface area contributed by atoms with Crippen LogP contribution in [0, 0.1) is 0 Å². The van der Waals surface area contributed by atoms with Crippen LogP contribution in [0.4, 0.5) is 0 Å². The SMILES string of the molecule is O=C(Oc1ccc(Br)cc1/C=N\NC(=O)C(O)(c1ccccc1)c1ccccc1)c1ccccc1. The molecule has 0 radical (unpaired) electrons. The van der Waals surface area contributed by atoms with Crippen LogP contribution in [0.5, 0.6) is 5.75 Å². The Morgan fingerprint density at radius 2 is 1.37 bits per heavy atom. The van der Waals surface area contributed by atoms with E-state index in [-0.39, 0.29) is 5.75 Å².